The average Bonchev–Trinajstić information content (AvgIpc) is 3.04. The molecule has 3 rings (SSSR count). The second kappa shape index (κ2) is 8.16. The van der Waals surface area contributed by atoms with Crippen molar-refractivity contribution in [2.24, 2.45) is 5.10 Å². The van der Waals surface area contributed by atoms with Crippen LogP contribution in [0.15, 0.2) is 61.9 Å². The van der Waals surface area contributed by atoms with Crippen LogP contribution in [0.25, 0.3) is 0 Å². The number of aromatic hydroxyl groups is 1. The molecule has 1 N–H and O–H groups in total. The Morgan fingerprint density at radius 2 is 1.88 bits per heavy atom. The number of rotatable bonds is 5. The number of benzene rings is 2. The van der Waals surface area contributed by atoms with E-state index in [-0.39, 0.29) is 5.75 Å². The van der Waals surface area contributed by atoms with Gasteiger partial charge in [-0.05, 0) is 62.0 Å². The molecule has 0 aliphatic carbocycles. The number of halogens is 2. The van der Waals surface area contributed by atoms with E-state index in [1.165, 1.54) is 11.1 Å². The van der Waals surface area contributed by atoms with E-state index < -0.39 is 0 Å². The summed E-state index contributed by atoms with van der Waals surface area (Å²) in [7, 11) is 0. The van der Waals surface area contributed by atoms with Crippen LogP contribution in [0.5, 0.6) is 5.75 Å². The van der Waals surface area contributed by atoms with Gasteiger partial charge in [-0.1, -0.05) is 41.6 Å². The summed E-state index contributed by atoms with van der Waals surface area (Å²) < 4.78 is 2.83. The molecule has 2 aromatic carbocycles. The van der Waals surface area contributed by atoms with Crippen LogP contribution >= 0.6 is 43.6 Å². The highest BCUT2D eigenvalue weighted by atomic mass is 79.9. The van der Waals surface area contributed by atoms with Gasteiger partial charge in [0, 0.05) is 5.75 Å². The zero-order chi connectivity index (χ0) is 17.8. The maximum atomic E-state index is 9.76. The van der Waals surface area contributed by atoms with E-state index in [0.717, 1.165) is 11.3 Å². The summed E-state index contributed by atoms with van der Waals surface area (Å²) in [5.41, 5.74) is 3.30. The molecule has 25 heavy (non-hydrogen) atoms. The molecule has 0 aliphatic heterocycles. The van der Waals surface area contributed by atoms with E-state index in [1.807, 2.05) is 0 Å². The number of aryl methyl sites for hydroxylation is 1. The molecule has 3 aromatic rings. The number of hydrogen-bond donors (Lipinski definition) is 1. The first kappa shape index (κ1) is 18.2. The number of phenols is 1. The molecule has 0 saturated heterocycles. The Morgan fingerprint density at radius 3 is 2.56 bits per heavy atom. The fourth-order valence-electron chi connectivity index (χ4n) is 2.01. The minimum atomic E-state index is 0.163. The summed E-state index contributed by atoms with van der Waals surface area (Å²) in [6.07, 6.45) is 3.26. The van der Waals surface area contributed by atoms with E-state index in [0.29, 0.717) is 14.1 Å². The number of aromatic nitrogens is 3. The molecule has 0 aliphatic rings. The number of hydrogen-bond acceptors (Lipinski definition) is 5. The molecule has 0 unspecified atom stereocenters. The summed E-state index contributed by atoms with van der Waals surface area (Å²) in [5.74, 6) is 0.959. The molecule has 5 nitrogen and oxygen atoms in total. The highest BCUT2D eigenvalue weighted by Gasteiger charge is 2.06. The Morgan fingerprint density at radius 1 is 1.20 bits per heavy atom. The second-order valence-corrected chi connectivity index (χ2v) is 7.96. The predicted octanol–water partition coefficient (Wildman–Crippen LogP) is 4.99. The number of thioether (sulfide) groups is 1. The van der Waals surface area contributed by atoms with Crippen LogP contribution in [0.3, 0.4) is 0 Å². The van der Waals surface area contributed by atoms with Gasteiger partial charge in [0.15, 0.2) is 0 Å². The van der Waals surface area contributed by atoms with Gasteiger partial charge in [-0.25, -0.2) is 0 Å². The van der Waals surface area contributed by atoms with Gasteiger partial charge in [-0.2, -0.15) is 9.78 Å². The van der Waals surface area contributed by atoms with Gasteiger partial charge in [0.2, 0.25) is 5.16 Å². The molecule has 0 atom stereocenters. The molecule has 0 amide bonds. The normalized spacial score (nSPS) is 11.3. The first-order valence-corrected chi connectivity index (χ1v) is 9.91. The van der Waals surface area contributed by atoms with Crippen molar-refractivity contribution in [3.05, 3.63) is 68.4 Å². The fourth-order valence-corrected chi connectivity index (χ4v) is 4.06. The highest BCUT2D eigenvalue weighted by molar-refractivity contribution is 9.11. The van der Waals surface area contributed by atoms with Crippen molar-refractivity contribution in [2.45, 2.75) is 17.8 Å². The van der Waals surface area contributed by atoms with Crippen LogP contribution in [-0.4, -0.2) is 26.2 Å². The summed E-state index contributed by atoms with van der Waals surface area (Å²) in [4.78, 5) is 0. The molecular weight excluding hydrogens is 468 g/mol. The third-order valence-electron chi connectivity index (χ3n) is 3.36. The third-order valence-corrected chi connectivity index (χ3v) is 5.57. The van der Waals surface area contributed by atoms with E-state index in [9.17, 15) is 5.11 Å². The van der Waals surface area contributed by atoms with Gasteiger partial charge in [0.1, 0.15) is 12.1 Å². The van der Waals surface area contributed by atoms with Gasteiger partial charge in [-0.15, -0.1) is 10.2 Å². The highest BCUT2D eigenvalue weighted by Crippen LogP contribution is 2.32. The van der Waals surface area contributed by atoms with Crippen molar-refractivity contribution in [3.8, 4) is 5.75 Å². The Balaban J connectivity index is 1.72. The van der Waals surface area contributed by atoms with Crippen LogP contribution in [0.2, 0.25) is 0 Å². The first-order chi connectivity index (χ1) is 12.0. The van der Waals surface area contributed by atoms with Crippen LogP contribution < -0.4 is 0 Å². The van der Waals surface area contributed by atoms with Gasteiger partial charge in [0.05, 0.1) is 15.2 Å². The quantitative estimate of drug-likeness (QED) is 0.411. The standard InChI is InChI=1S/C17H14Br2N4OS/c1-11-2-4-12(5-3-11)9-25-17-22-20-10-23(17)21-8-13-6-14(18)16(24)15(19)7-13/h2-8,10,24H,9H2,1H3/b21-8+. The largest absolute Gasteiger partial charge is 0.506 e. The van der Waals surface area contributed by atoms with Crippen LogP contribution in [0.1, 0.15) is 16.7 Å². The molecular formula is C17H14Br2N4OS. The molecule has 0 bridgehead atoms. The Bertz CT molecular complexity index is 886. The zero-order valence-electron chi connectivity index (χ0n) is 13.2. The SMILES string of the molecule is Cc1ccc(CSc2nncn2/N=C/c2cc(Br)c(O)c(Br)c2)cc1. The molecule has 128 valence electrons. The average molecular weight is 482 g/mol. The minimum Gasteiger partial charge on any atom is -0.506 e. The molecule has 1 heterocycles. The van der Waals surface area contributed by atoms with Crippen molar-refractivity contribution in [2.75, 3.05) is 0 Å². The Kier molecular flexibility index (Phi) is 5.93. The smallest absolute Gasteiger partial charge is 0.212 e. The predicted molar refractivity (Wildman–Crippen MR) is 107 cm³/mol. The van der Waals surface area contributed by atoms with Crippen molar-refractivity contribution in [1.82, 2.24) is 14.9 Å². The lowest BCUT2D eigenvalue weighted by atomic mass is 10.2. The van der Waals surface area contributed by atoms with E-state index in [4.69, 9.17) is 0 Å². The number of nitrogens with zero attached hydrogens (tertiary/aromatic N) is 4. The molecule has 0 fully saturated rings. The Hall–Kier alpha value is -1.64. The molecule has 8 heteroatoms. The second-order valence-electron chi connectivity index (χ2n) is 5.31. The minimum absolute atomic E-state index is 0.163. The van der Waals surface area contributed by atoms with Crippen molar-refractivity contribution >= 4 is 49.8 Å². The summed E-state index contributed by atoms with van der Waals surface area (Å²) in [5, 5.41) is 22.9. The summed E-state index contributed by atoms with van der Waals surface area (Å²) >= 11 is 8.19. The van der Waals surface area contributed by atoms with Crippen LogP contribution in [0.4, 0.5) is 0 Å². The third kappa shape index (κ3) is 4.71. The monoisotopic (exact) mass is 480 g/mol. The van der Waals surface area contributed by atoms with Gasteiger partial charge in [-0.3, -0.25) is 0 Å². The van der Waals surface area contributed by atoms with E-state index in [1.54, 1.807) is 41.1 Å². The van der Waals surface area contributed by atoms with Crippen LogP contribution in [-0.2, 0) is 5.75 Å². The van der Waals surface area contributed by atoms with Crippen LogP contribution in [0, 0.1) is 6.92 Å². The summed E-state index contributed by atoms with van der Waals surface area (Å²) in [6, 6.07) is 12.0. The number of phenolic OH excluding ortho intramolecular Hbond substituents is 1. The molecule has 0 saturated carbocycles. The maximum Gasteiger partial charge on any atom is 0.212 e. The van der Waals surface area contributed by atoms with Gasteiger partial charge < -0.3 is 5.11 Å². The fraction of sp³-hybridized carbons (Fsp3) is 0.118. The van der Waals surface area contributed by atoms with Gasteiger partial charge >= 0.3 is 0 Å². The summed E-state index contributed by atoms with van der Waals surface area (Å²) in [6.45, 7) is 2.07. The van der Waals surface area contributed by atoms with Crippen molar-refractivity contribution in [1.29, 1.82) is 0 Å². The topological polar surface area (TPSA) is 63.3 Å². The molecule has 1 aromatic heterocycles. The first-order valence-electron chi connectivity index (χ1n) is 7.33. The van der Waals surface area contributed by atoms with Gasteiger partial charge in [0.25, 0.3) is 0 Å². The van der Waals surface area contributed by atoms with E-state index in [2.05, 4.69) is 78.3 Å². The van der Waals surface area contributed by atoms with Crippen molar-refractivity contribution in [3.63, 3.8) is 0 Å². The van der Waals surface area contributed by atoms with Crippen molar-refractivity contribution < 1.29 is 5.11 Å². The molecule has 0 spiro atoms. The van der Waals surface area contributed by atoms with E-state index >= 15 is 0 Å². The lowest BCUT2D eigenvalue weighted by Gasteiger charge is -2.03. The lowest BCUT2D eigenvalue weighted by Crippen LogP contribution is -1.93. The maximum absolute atomic E-state index is 9.76. The lowest BCUT2D eigenvalue weighted by molar-refractivity contribution is 0.468. The zero-order valence-corrected chi connectivity index (χ0v) is 17.2. The molecule has 0 radical (unpaired) electrons. The Labute approximate surface area is 166 Å².